The van der Waals surface area contributed by atoms with Gasteiger partial charge in [0, 0.05) is 7.05 Å². The van der Waals surface area contributed by atoms with Crippen molar-refractivity contribution in [2.45, 2.75) is 6.92 Å². The van der Waals surface area contributed by atoms with Crippen LogP contribution < -0.4 is 11.4 Å². The summed E-state index contributed by atoms with van der Waals surface area (Å²) in [6, 6.07) is 0. The molecule has 0 unspecified atom stereocenters. The molecule has 0 saturated carbocycles. The van der Waals surface area contributed by atoms with E-state index in [0.717, 1.165) is 4.68 Å². The van der Waals surface area contributed by atoms with Crippen LogP contribution in [-0.4, -0.2) is 14.5 Å². The minimum Gasteiger partial charge on any atom is -0.334 e. The van der Waals surface area contributed by atoms with Crippen molar-refractivity contribution in [2.24, 2.45) is 7.05 Å². The number of aromatic nitrogens is 3. The van der Waals surface area contributed by atoms with Gasteiger partial charge in [-0.15, -0.1) is 0 Å². The summed E-state index contributed by atoms with van der Waals surface area (Å²) in [7, 11) is 1.64. The highest BCUT2D eigenvalue weighted by Crippen LogP contribution is 1.82. The van der Waals surface area contributed by atoms with Crippen molar-refractivity contribution in [3.8, 4) is 0 Å². The van der Waals surface area contributed by atoms with E-state index >= 15 is 0 Å². The van der Waals surface area contributed by atoms with Crippen LogP contribution in [0.2, 0.25) is 0 Å². The van der Waals surface area contributed by atoms with Crippen LogP contribution in [0.25, 0.3) is 0 Å². The molecular weight excluding hydrogens is 164 g/mol. The third kappa shape index (κ3) is 1.16. The van der Waals surface area contributed by atoms with Crippen LogP contribution in [-0.2, 0) is 7.05 Å². The number of nitrogens with two attached hydrogens (primary N) is 1. The summed E-state index contributed by atoms with van der Waals surface area (Å²) in [5.41, 5.74) is -0.0169. The van der Waals surface area contributed by atoms with Gasteiger partial charge in [0.2, 0.25) is 4.77 Å². The Kier molecular flexibility index (Phi) is 1.77. The van der Waals surface area contributed by atoms with Crippen LogP contribution in [0.5, 0.6) is 0 Å². The van der Waals surface area contributed by atoms with Crippen molar-refractivity contribution < 1.29 is 0 Å². The summed E-state index contributed by atoms with van der Waals surface area (Å²) in [4.78, 5) is 11.0. The number of rotatable bonds is 0. The van der Waals surface area contributed by atoms with Crippen molar-refractivity contribution in [1.29, 1.82) is 0 Å². The van der Waals surface area contributed by atoms with E-state index in [0.29, 0.717) is 5.69 Å². The highest BCUT2D eigenvalue weighted by molar-refractivity contribution is 7.71. The van der Waals surface area contributed by atoms with Gasteiger partial charge in [0.25, 0.3) is 5.56 Å². The summed E-state index contributed by atoms with van der Waals surface area (Å²) in [5, 5.41) is 3.83. The maximum absolute atomic E-state index is 11.0. The summed E-state index contributed by atoms with van der Waals surface area (Å²) < 4.78 is 2.49. The first kappa shape index (κ1) is 7.93. The SMILES string of the molecule is Cc1nn(C)c(=S)n(N)c1=O. The zero-order chi connectivity index (χ0) is 8.59. The molecule has 0 fully saturated rings. The first-order valence-electron chi connectivity index (χ1n) is 2.96. The molecule has 0 saturated heterocycles. The monoisotopic (exact) mass is 172 g/mol. The maximum atomic E-state index is 11.0. The molecule has 1 aromatic rings. The number of hydrogen-bond donors (Lipinski definition) is 1. The molecule has 5 nitrogen and oxygen atoms in total. The van der Waals surface area contributed by atoms with Gasteiger partial charge in [-0.05, 0) is 19.1 Å². The van der Waals surface area contributed by atoms with Crippen LogP contribution in [0.3, 0.4) is 0 Å². The van der Waals surface area contributed by atoms with Crippen molar-refractivity contribution in [3.05, 3.63) is 20.8 Å². The Morgan fingerprint density at radius 3 is 2.73 bits per heavy atom. The number of nitrogens with zero attached hydrogens (tertiary/aromatic N) is 3. The second-order valence-corrected chi connectivity index (χ2v) is 2.53. The zero-order valence-corrected chi connectivity index (χ0v) is 7.05. The molecule has 1 rings (SSSR count). The molecular formula is C5H8N4OS. The minimum atomic E-state index is -0.354. The van der Waals surface area contributed by atoms with E-state index in [-0.39, 0.29) is 10.3 Å². The van der Waals surface area contributed by atoms with Crippen molar-refractivity contribution in [1.82, 2.24) is 14.5 Å². The van der Waals surface area contributed by atoms with Gasteiger partial charge in [0.15, 0.2) is 0 Å². The van der Waals surface area contributed by atoms with Gasteiger partial charge in [-0.2, -0.15) is 9.77 Å². The lowest BCUT2D eigenvalue weighted by Gasteiger charge is -2.02. The summed E-state index contributed by atoms with van der Waals surface area (Å²) >= 11 is 4.78. The molecule has 1 aromatic heterocycles. The Morgan fingerprint density at radius 1 is 1.64 bits per heavy atom. The second-order valence-electron chi connectivity index (χ2n) is 2.17. The highest BCUT2D eigenvalue weighted by atomic mass is 32.1. The van der Waals surface area contributed by atoms with Gasteiger partial charge in [0.05, 0.1) is 0 Å². The third-order valence-corrected chi connectivity index (χ3v) is 1.77. The molecule has 2 N–H and O–H groups in total. The fourth-order valence-corrected chi connectivity index (χ4v) is 0.851. The average Bonchev–Trinajstić information content (AvgIpc) is 1.97. The van der Waals surface area contributed by atoms with Crippen LogP contribution in [0.15, 0.2) is 4.79 Å². The normalized spacial score (nSPS) is 10.0. The van der Waals surface area contributed by atoms with Crippen molar-refractivity contribution >= 4 is 12.2 Å². The highest BCUT2D eigenvalue weighted by Gasteiger charge is 2.00. The molecule has 1 heterocycles. The summed E-state index contributed by atoms with van der Waals surface area (Å²) in [5.74, 6) is 5.32. The van der Waals surface area contributed by atoms with Crippen molar-refractivity contribution in [3.63, 3.8) is 0 Å². The molecule has 11 heavy (non-hydrogen) atoms. The van der Waals surface area contributed by atoms with Gasteiger partial charge in [0.1, 0.15) is 5.69 Å². The largest absolute Gasteiger partial charge is 0.334 e. The molecule has 0 radical (unpaired) electrons. The lowest BCUT2D eigenvalue weighted by molar-refractivity contribution is 0.628. The van der Waals surface area contributed by atoms with Crippen LogP contribution in [0.4, 0.5) is 0 Å². The molecule has 0 amide bonds. The number of hydrogen-bond acceptors (Lipinski definition) is 4. The summed E-state index contributed by atoms with van der Waals surface area (Å²) in [6.45, 7) is 1.58. The first-order valence-corrected chi connectivity index (χ1v) is 3.37. The Bertz CT molecular complexity index is 356. The van der Waals surface area contributed by atoms with E-state index < -0.39 is 0 Å². The first-order chi connectivity index (χ1) is 5.04. The summed E-state index contributed by atoms with van der Waals surface area (Å²) in [6.07, 6.45) is 0. The molecule has 0 aliphatic heterocycles. The Morgan fingerprint density at radius 2 is 2.18 bits per heavy atom. The van der Waals surface area contributed by atoms with Gasteiger partial charge in [-0.25, -0.2) is 4.68 Å². The zero-order valence-electron chi connectivity index (χ0n) is 6.24. The molecule has 0 aliphatic carbocycles. The van der Waals surface area contributed by atoms with E-state index in [2.05, 4.69) is 5.10 Å². The lowest BCUT2D eigenvalue weighted by Crippen LogP contribution is -2.33. The van der Waals surface area contributed by atoms with E-state index in [4.69, 9.17) is 18.1 Å². The molecule has 6 heteroatoms. The predicted octanol–water partition coefficient (Wildman–Crippen LogP) is -0.666. The molecule has 0 bridgehead atoms. The molecule has 0 spiro atoms. The van der Waals surface area contributed by atoms with E-state index in [1.807, 2.05) is 0 Å². The van der Waals surface area contributed by atoms with Crippen LogP contribution in [0, 0.1) is 11.7 Å². The Balaban J connectivity index is 3.74. The van der Waals surface area contributed by atoms with E-state index in [9.17, 15) is 4.79 Å². The Hall–Kier alpha value is -1.17. The molecule has 0 aliphatic rings. The Labute approximate surface area is 68.0 Å². The molecule has 0 aromatic carbocycles. The topological polar surface area (TPSA) is 65.8 Å². The maximum Gasteiger partial charge on any atom is 0.294 e. The molecule has 60 valence electrons. The van der Waals surface area contributed by atoms with Gasteiger partial charge in [-0.1, -0.05) is 0 Å². The standard InChI is InChI=1S/C5H8N4OS/c1-3-4(10)9(6)5(11)8(2)7-3/h6H2,1-2H3. The van der Waals surface area contributed by atoms with E-state index in [1.165, 1.54) is 4.68 Å². The lowest BCUT2D eigenvalue weighted by atomic mass is 10.5. The fourth-order valence-electron chi connectivity index (χ4n) is 0.728. The van der Waals surface area contributed by atoms with Crippen LogP contribution >= 0.6 is 12.2 Å². The number of aryl methyl sites for hydroxylation is 2. The van der Waals surface area contributed by atoms with Gasteiger partial charge >= 0.3 is 0 Å². The van der Waals surface area contributed by atoms with Gasteiger partial charge < -0.3 is 5.84 Å². The van der Waals surface area contributed by atoms with Crippen molar-refractivity contribution in [2.75, 3.05) is 5.84 Å². The van der Waals surface area contributed by atoms with Gasteiger partial charge in [-0.3, -0.25) is 4.79 Å². The fraction of sp³-hybridized carbons (Fsp3) is 0.400. The quantitative estimate of drug-likeness (QED) is 0.416. The number of nitrogen functional groups attached to an aromatic ring is 1. The smallest absolute Gasteiger partial charge is 0.294 e. The minimum absolute atomic E-state index is 0.209. The predicted molar refractivity (Wildman–Crippen MR) is 43.2 cm³/mol. The third-order valence-electron chi connectivity index (χ3n) is 1.31. The van der Waals surface area contributed by atoms with Crippen LogP contribution in [0.1, 0.15) is 5.69 Å². The average molecular weight is 172 g/mol. The molecule has 0 atom stereocenters. The second kappa shape index (κ2) is 2.46. The van der Waals surface area contributed by atoms with E-state index in [1.54, 1.807) is 14.0 Å².